The lowest BCUT2D eigenvalue weighted by atomic mass is 9.85. The van der Waals surface area contributed by atoms with Crippen LogP contribution in [0.25, 0.3) is 0 Å². The summed E-state index contributed by atoms with van der Waals surface area (Å²) in [5, 5.41) is 0. The molecule has 2 N–H and O–H groups in total. The molecule has 0 heterocycles. The van der Waals surface area contributed by atoms with E-state index in [1.54, 1.807) is 0 Å². The standard InChI is InChI=1S/C9H10O2.H2O4S/c10-4-8-6-1-2-7(3-6)9(8)5-11;1-5(2,3)4/h1-2,4-9H,3H2;(H2,1,2,3,4). The van der Waals surface area contributed by atoms with Crippen molar-refractivity contribution in [3.05, 3.63) is 12.2 Å². The Kier molecular flexibility index (Phi) is 3.95. The lowest BCUT2D eigenvalue weighted by molar-refractivity contribution is -0.119. The van der Waals surface area contributed by atoms with E-state index in [9.17, 15) is 9.59 Å². The summed E-state index contributed by atoms with van der Waals surface area (Å²) >= 11 is 0. The van der Waals surface area contributed by atoms with Crippen LogP contribution in [0.2, 0.25) is 0 Å². The maximum Gasteiger partial charge on any atom is 0.394 e. The van der Waals surface area contributed by atoms with Crippen molar-refractivity contribution in [1.82, 2.24) is 0 Å². The molecule has 7 heteroatoms. The highest BCUT2D eigenvalue weighted by atomic mass is 32.3. The van der Waals surface area contributed by atoms with Crippen molar-refractivity contribution < 1.29 is 27.1 Å². The molecule has 6 nitrogen and oxygen atoms in total. The fourth-order valence-electron chi connectivity index (χ4n) is 2.28. The Balaban J connectivity index is 0.000000221. The molecule has 2 aliphatic rings. The van der Waals surface area contributed by atoms with Gasteiger partial charge in [0.1, 0.15) is 12.6 Å². The third kappa shape index (κ3) is 3.22. The first kappa shape index (κ1) is 13.0. The van der Waals surface area contributed by atoms with Crippen LogP contribution in [0.4, 0.5) is 0 Å². The summed E-state index contributed by atoms with van der Waals surface area (Å²) in [6, 6.07) is 0. The normalized spacial score (nSPS) is 35.4. The SMILES string of the molecule is O=CC1C2C=CC(C2)C1C=O.O=S(=O)(O)O. The molecule has 1 fully saturated rings. The lowest BCUT2D eigenvalue weighted by Gasteiger charge is -2.16. The van der Waals surface area contributed by atoms with Gasteiger partial charge in [0.05, 0.1) is 0 Å². The molecule has 0 aromatic heterocycles. The minimum absolute atomic E-state index is 0.0255. The third-order valence-electron chi connectivity index (χ3n) is 2.90. The van der Waals surface area contributed by atoms with Crippen LogP contribution < -0.4 is 0 Å². The van der Waals surface area contributed by atoms with E-state index in [1.807, 2.05) is 0 Å². The largest absolute Gasteiger partial charge is 0.394 e. The zero-order valence-corrected chi connectivity index (χ0v) is 9.08. The smallest absolute Gasteiger partial charge is 0.303 e. The molecule has 2 rings (SSSR count). The first-order valence-corrected chi connectivity index (χ1v) is 6.05. The highest BCUT2D eigenvalue weighted by Crippen LogP contribution is 2.45. The van der Waals surface area contributed by atoms with Gasteiger partial charge >= 0.3 is 10.4 Å². The van der Waals surface area contributed by atoms with Gasteiger partial charge in [0.25, 0.3) is 0 Å². The molecular weight excluding hydrogens is 236 g/mol. The van der Waals surface area contributed by atoms with Crippen molar-refractivity contribution in [3.63, 3.8) is 0 Å². The Hall–Kier alpha value is -1.05. The molecule has 0 saturated heterocycles. The van der Waals surface area contributed by atoms with E-state index in [0.29, 0.717) is 11.8 Å². The van der Waals surface area contributed by atoms with Crippen molar-refractivity contribution in [2.45, 2.75) is 6.42 Å². The average molecular weight is 248 g/mol. The average Bonchev–Trinajstić information content (AvgIpc) is 2.72. The molecule has 0 spiro atoms. The van der Waals surface area contributed by atoms with Crippen molar-refractivity contribution >= 4 is 23.0 Å². The van der Waals surface area contributed by atoms with Gasteiger partial charge in [-0.25, -0.2) is 0 Å². The third-order valence-corrected chi connectivity index (χ3v) is 2.90. The second kappa shape index (κ2) is 4.86. The molecule has 0 amide bonds. The van der Waals surface area contributed by atoms with Crippen LogP contribution in [0.1, 0.15) is 6.42 Å². The zero-order chi connectivity index (χ0) is 12.3. The van der Waals surface area contributed by atoms with Gasteiger partial charge in [-0.1, -0.05) is 12.2 Å². The molecule has 4 atom stereocenters. The monoisotopic (exact) mass is 248 g/mol. The summed E-state index contributed by atoms with van der Waals surface area (Å²) in [6.45, 7) is 0. The first-order valence-electron chi connectivity index (χ1n) is 4.65. The second-order valence-corrected chi connectivity index (χ2v) is 4.72. The minimum Gasteiger partial charge on any atom is -0.303 e. The van der Waals surface area contributed by atoms with Crippen LogP contribution >= 0.6 is 0 Å². The van der Waals surface area contributed by atoms with E-state index in [4.69, 9.17) is 17.5 Å². The Morgan fingerprint density at radius 2 is 1.31 bits per heavy atom. The van der Waals surface area contributed by atoms with E-state index in [1.165, 1.54) is 0 Å². The summed E-state index contributed by atoms with van der Waals surface area (Å²) in [5.41, 5.74) is 0. The Labute approximate surface area is 92.9 Å². The van der Waals surface area contributed by atoms with E-state index in [-0.39, 0.29) is 11.8 Å². The maximum absolute atomic E-state index is 10.6. The molecular formula is C9H12O6S. The minimum atomic E-state index is -4.67. The highest BCUT2D eigenvalue weighted by Gasteiger charge is 2.43. The number of hydrogen-bond donors (Lipinski definition) is 2. The zero-order valence-electron chi connectivity index (χ0n) is 8.26. The molecule has 4 unspecified atom stereocenters. The predicted molar refractivity (Wildman–Crippen MR) is 54.0 cm³/mol. The molecule has 0 radical (unpaired) electrons. The predicted octanol–water partition coefficient (Wildman–Crippen LogP) is 0.170. The van der Waals surface area contributed by atoms with Crippen LogP contribution in [-0.4, -0.2) is 30.1 Å². The molecule has 2 aliphatic carbocycles. The van der Waals surface area contributed by atoms with Gasteiger partial charge in [0.15, 0.2) is 0 Å². The number of hydrogen-bond acceptors (Lipinski definition) is 4. The Bertz CT molecular complexity index is 368. The first-order chi connectivity index (χ1) is 7.36. The van der Waals surface area contributed by atoms with Gasteiger partial charge in [-0.3, -0.25) is 9.11 Å². The summed E-state index contributed by atoms with van der Waals surface area (Å²) < 4.78 is 31.6. The van der Waals surface area contributed by atoms with Crippen LogP contribution in [0.15, 0.2) is 12.2 Å². The fraction of sp³-hybridized carbons (Fsp3) is 0.556. The van der Waals surface area contributed by atoms with Crippen molar-refractivity contribution in [2.24, 2.45) is 23.7 Å². The summed E-state index contributed by atoms with van der Waals surface area (Å²) in [5.74, 6) is 0.658. The van der Waals surface area contributed by atoms with Crippen LogP contribution in [0.3, 0.4) is 0 Å². The van der Waals surface area contributed by atoms with Gasteiger partial charge in [-0.15, -0.1) is 0 Å². The number of rotatable bonds is 2. The molecule has 16 heavy (non-hydrogen) atoms. The second-order valence-electron chi connectivity index (χ2n) is 3.82. The summed E-state index contributed by atoms with van der Waals surface area (Å²) in [6.07, 6.45) is 7.03. The Morgan fingerprint density at radius 3 is 1.56 bits per heavy atom. The lowest BCUT2D eigenvalue weighted by Crippen LogP contribution is -2.21. The van der Waals surface area contributed by atoms with Crippen LogP contribution in [-0.2, 0) is 20.0 Å². The maximum atomic E-state index is 10.6. The van der Waals surface area contributed by atoms with Gasteiger partial charge in [-0.2, -0.15) is 8.42 Å². The van der Waals surface area contributed by atoms with E-state index < -0.39 is 10.4 Å². The number of aldehydes is 2. The summed E-state index contributed by atoms with van der Waals surface area (Å²) in [4.78, 5) is 21.1. The van der Waals surface area contributed by atoms with Gasteiger partial charge in [0, 0.05) is 11.8 Å². The summed E-state index contributed by atoms with van der Waals surface area (Å²) in [7, 11) is -4.67. The molecule has 0 aromatic rings. The van der Waals surface area contributed by atoms with Crippen molar-refractivity contribution in [1.29, 1.82) is 0 Å². The van der Waals surface area contributed by atoms with Gasteiger partial charge in [-0.05, 0) is 18.3 Å². The number of carbonyl (C=O) groups is 2. The molecule has 0 aliphatic heterocycles. The topological polar surface area (TPSA) is 109 Å². The Morgan fingerprint density at radius 1 is 1.00 bits per heavy atom. The van der Waals surface area contributed by atoms with E-state index in [2.05, 4.69) is 12.2 Å². The van der Waals surface area contributed by atoms with Gasteiger partial charge in [0.2, 0.25) is 0 Å². The van der Waals surface area contributed by atoms with Crippen molar-refractivity contribution in [3.8, 4) is 0 Å². The van der Waals surface area contributed by atoms with Crippen molar-refractivity contribution in [2.75, 3.05) is 0 Å². The van der Waals surface area contributed by atoms with E-state index >= 15 is 0 Å². The fourth-order valence-corrected chi connectivity index (χ4v) is 2.28. The van der Waals surface area contributed by atoms with Crippen LogP contribution in [0.5, 0.6) is 0 Å². The van der Waals surface area contributed by atoms with Gasteiger partial charge < -0.3 is 9.59 Å². The molecule has 0 aromatic carbocycles. The number of fused-ring (bicyclic) bond motifs is 2. The van der Waals surface area contributed by atoms with E-state index in [0.717, 1.165) is 19.0 Å². The molecule has 1 saturated carbocycles. The highest BCUT2D eigenvalue weighted by molar-refractivity contribution is 7.79. The molecule has 90 valence electrons. The van der Waals surface area contributed by atoms with Crippen LogP contribution in [0, 0.1) is 23.7 Å². The molecule has 2 bridgehead atoms. The number of allylic oxidation sites excluding steroid dienone is 2. The number of carbonyl (C=O) groups excluding carboxylic acids is 2. The quantitative estimate of drug-likeness (QED) is 0.409.